The van der Waals surface area contributed by atoms with Crippen LogP contribution in [-0.4, -0.2) is 56.8 Å². The fourth-order valence-corrected chi connectivity index (χ4v) is 2.47. The molecule has 21 heavy (non-hydrogen) atoms. The number of nitrogens with zero attached hydrogens (tertiary/aromatic N) is 1. The van der Waals surface area contributed by atoms with Crippen molar-refractivity contribution in [1.82, 2.24) is 4.90 Å². The number of amides is 1. The number of methoxy groups -OCH3 is 3. The van der Waals surface area contributed by atoms with Gasteiger partial charge in [-0.3, -0.25) is 4.79 Å². The van der Waals surface area contributed by atoms with Gasteiger partial charge in [0.15, 0.2) is 0 Å². The first kappa shape index (κ1) is 15.3. The van der Waals surface area contributed by atoms with Gasteiger partial charge in [0.2, 0.25) is 0 Å². The standard InChI is InChI=1S/C15H19NO5/c1-19-11-6-4-5-10(7-11)14(17)16-9-12(20-2)8-13(16)15(18)21-3/h4-7,12-13H,8-9H2,1-3H3/t12-,13-/m1/s1. The average Bonchev–Trinajstić information content (AvgIpc) is 2.97. The van der Waals surface area contributed by atoms with Gasteiger partial charge >= 0.3 is 5.97 Å². The van der Waals surface area contributed by atoms with Crippen LogP contribution in [0.4, 0.5) is 0 Å². The molecule has 1 saturated heterocycles. The van der Waals surface area contributed by atoms with Crippen molar-refractivity contribution in [2.24, 2.45) is 0 Å². The minimum Gasteiger partial charge on any atom is -0.497 e. The molecule has 0 aromatic heterocycles. The van der Waals surface area contributed by atoms with Crippen molar-refractivity contribution >= 4 is 11.9 Å². The molecule has 1 aromatic rings. The van der Waals surface area contributed by atoms with E-state index in [1.165, 1.54) is 19.1 Å². The molecule has 0 bridgehead atoms. The SMILES string of the molecule is COC(=O)[C@H]1C[C@@H](OC)CN1C(=O)c1cccc(OC)c1. The summed E-state index contributed by atoms with van der Waals surface area (Å²) in [6.45, 7) is 0.367. The molecular formula is C15H19NO5. The predicted molar refractivity (Wildman–Crippen MR) is 75.2 cm³/mol. The average molecular weight is 293 g/mol. The third kappa shape index (κ3) is 3.16. The summed E-state index contributed by atoms with van der Waals surface area (Å²) < 4.78 is 15.2. The monoisotopic (exact) mass is 293 g/mol. The first-order valence-electron chi connectivity index (χ1n) is 6.66. The topological polar surface area (TPSA) is 65.1 Å². The summed E-state index contributed by atoms with van der Waals surface area (Å²) in [6.07, 6.45) is 0.280. The molecule has 6 heteroatoms. The third-order valence-corrected chi connectivity index (χ3v) is 3.65. The summed E-state index contributed by atoms with van der Waals surface area (Å²) >= 11 is 0. The molecule has 1 aliphatic heterocycles. The lowest BCUT2D eigenvalue weighted by Gasteiger charge is -2.22. The Balaban J connectivity index is 2.24. The van der Waals surface area contributed by atoms with E-state index in [4.69, 9.17) is 14.2 Å². The van der Waals surface area contributed by atoms with Crippen molar-refractivity contribution in [1.29, 1.82) is 0 Å². The van der Waals surface area contributed by atoms with Crippen LogP contribution >= 0.6 is 0 Å². The van der Waals surface area contributed by atoms with Gasteiger partial charge in [-0.05, 0) is 18.2 Å². The Kier molecular flexibility index (Phi) is 4.80. The van der Waals surface area contributed by atoms with E-state index in [0.717, 1.165) is 0 Å². The van der Waals surface area contributed by atoms with Crippen molar-refractivity contribution in [2.45, 2.75) is 18.6 Å². The van der Waals surface area contributed by atoms with Gasteiger partial charge in [-0.15, -0.1) is 0 Å². The second-order valence-corrected chi connectivity index (χ2v) is 4.82. The number of esters is 1. The Morgan fingerprint density at radius 3 is 2.62 bits per heavy atom. The molecule has 2 rings (SSSR count). The Morgan fingerprint density at radius 2 is 2.00 bits per heavy atom. The van der Waals surface area contributed by atoms with Crippen molar-refractivity contribution < 1.29 is 23.8 Å². The zero-order valence-corrected chi connectivity index (χ0v) is 12.4. The van der Waals surface area contributed by atoms with Gasteiger partial charge in [0.25, 0.3) is 5.91 Å². The second kappa shape index (κ2) is 6.58. The molecule has 0 N–H and O–H groups in total. The molecule has 1 aromatic carbocycles. The maximum atomic E-state index is 12.6. The molecule has 1 fully saturated rings. The maximum Gasteiger partial charge on any atom is 0.328 e. The highest BCUT2D eigenvalue weighted by atomic mass is 16.5. The zero-order valence-electron chi connectivity index (χ0n) is 12.4. The summed E-state index contributed by atoms with van der Waals surface area (Å²) in [5.41, 5.74) is 0.472. The van der Waals surface area contributed by atoms with E-state index in [2.05, 4.69) is 0 Å². The van der Waals surface area contributed by atoms with Crippen LogP contribution in [0.3, 0.4) is 0 Å². The molecule has 0 unspecified atom stereocenters. The molecule has 1 aliphatic rings. The Hall–Kier alpha value is -2.08. The lowest BCUT2D eigenvalue weighted by Crippen LogP contribution is -2.41. The Bertz CT molecular complexity index is 531. The first-order chi connectivity index (χ1) is 10.1. The van der Waals surface area contributed by atoms with Gasteiger partial charge in [-0.1, -0.05) is 6.07 Å². The van der Waals surface area contributed by atoms with E-state index in [0.29, 0.717) is 24.3 Å². The van der Waals surface area contributed by atoms with Gasteiger partial charge in [0.1, 0.15) is 11.8 Å². The van der Waals surface area contributed by atoms with E-state index >= 15 is 0 Å². The molecule has 1 amide bonds. The quantitative estimate of drug-likeness (QED) is 0.778. The highest BCUT2D eigenvalue weighted by Gasteiger charge is 2.40. The molecule has 114 valence electrons. The van der Waals surface area contributed by atoms with Crippen LogP contribution in [-0.2, 0) is 14.3 Å². The molecule has 6 nitrogen and oxygen atoms in total. The van der Waals surface area contributed by atoms with E-state index in [9.17, 15) is 9.59 Å². The number of carbonyl (C=O) groups excluding carboxylic acids is 2. The molecule has 0 radical (unpaired) electrons. The lowest BCUT2D eigenvalue weighted by atomic mass is 10.1. The van der Waals surface area contributed by atoms with Gasteiger partial charge in [0.05, 0.1) is 20.3 Å². The second-order valence-electron chi connectivity index (χ2n) is 4.82. The van der Waals surface area contributed by atoms with Crippen molar-refractivity contribution in [2.75, 3.05) is 27.9 Å². The first-order valence-corrected chi connectivity index (χ1v) is 6.66. The van der Waals surface area contributed by atoms with Gasteiger partial charge in [-0.2, -0.15) is 0 Å². The highest BCUT2D eigenvalue weighted by Crippen LogP contribution is 2.24. The molecular weight excluding hydrogens is 274 g/mol. The number of likely N-dealkylation sites (tertiary alicyclic amines) is 1. The fourth-order valence-electron chi connectivity index (χ4n) is 2.47. The predicted octanol–water partition coefficient (Wildman–Crippen LogP) is 1.10. The maximum absolute atomic E-state index is 12.6. The number of carbonyl (C=O) groups is 2. The molecule has 0 aliphatic carbocycles. The molecule has 0 saturated carbocycles. The van der Waals surface area contributed by atoms with E-state index in [-0.39, 0.29) is 12.0 Å². The van der Waals surface area contributed by atoms with E-state index in [1.54, 1.807) is 31.4 Å². The van der Waals surface area contributed by atoms with E-state index in [1.807, 2.05) is 0 Å². The van der Waals surface area contributed by atoms with Crippen LogP contribution in [0, 0.1) is 0 Å². The Labute approximate surface area is 123 Å². The van der Waals surface area contributed by atoms with Crippen LogP contribution in [0.25, 0.3) is 0 Å². The van der Waals surface area contributed by atoms with Crippen LogP contribution in [0.1, 0.15) is 16.8 Å². The van der Waals surface area contributed by atoms with E-state index < -0.39 is 12.0 Å². The van der Waals surface area contributed by atoms with Crippen molar-refractivity contribution in [3.63, 3.8) is 0 Å². The van der Waals surface area contributed by atoms with Crippen LogP contribution in [0.2, 0.25) is 0 Å². The summed E-state index contributed by atoms with van der Waals surface area (Å²) in [5.74, 6) is -0.0624. The van der Waals surface area contributed by atoms with Crippen LogP contribution in [0.5, 0.6) is 5.75 Å². The highest BCUT2D eigenvalue weighted by molar-refractivity contribution is 5.97. The van der Waals surface area contributed by atoms with Crippen LogP contribution < -0.4 is 4.74 Å². The minimum atomic E-state index is -0.612. The number of benzene rings is 1. The summed E-state index contributed by atoms with van der Waals surface area (Å²) in [5, 5.41) is 0. The summed E-state index contributed by atoms with van der Waals surface area (Å²) in [7, 11) is 4.42. The molecule has 1 heterocycles. The molecule has 0 spiro atoms. The van der Waals surface area contributed by atoms with Gasteiger partial charge < -0.3 is 19.1 Å². The number of hydrogen-bond donors (Lipinski definition) is 0. The number of rotatable bonds is 4. The molecule has 2 atom stereocenters. The normalized spacial score (nSPS) is 21.2. The van der Waals surface area contributed by atoms with Gasteiger partial charge in [-0.25, -0.2) is 4.79 Å². The third-order valence-electron chi connectivity index (χ3n) is 3.65. The smallest absolute Gasteiger partial charge is 0.328 e. The number of hydrogen-bond acceptors (Lipinski definition) is 5. The fraction of sp³-hybridized carbons (Fsp3) is 0.467. The van der Waals surface area contributed by atoms with Gasteiger partial charge in [0, 0.05) is 25.6 Å². The number of ether oxygens (including phenoxy) is 3. The summed E-state index contributed by atoms with van der Waals surface area (Å²) in [6, 6.07) is 6.23. The van der Waals surface area contributed by atoms with Crippen molar-refractivity contribution in [3.05, 3.63) is 29.8 Å². The summed E-state index contributed by atoms with van der Waals surface area (Å²) in [4.78, 5) is 26.0. The van der Waals surface area contributed by atoms with Crippen molar-refractivity contribution in [3.8, 4) is 5.75 Å². The minimum absolute atomic E-state index is 0.163. The Morgan fingerprint density at radius 1 is 1.24 bits per heavy atom. The van der Waals surface area contributed by atoms with Crippen LogP contribution in [0.15, 0.2) is 24.3 Å². The largest absolute Gasteiger partial charge is 0.497 e. The lowest BCUT2D eigenvalue weighted by molar-refractivity contribution is -0.145. The zero-order chi connectivity index (χ0) is 15.4.